The van der Waals surface area contributed by atoms with Gasteiger partial charge < -0.3 is 9.64 Å². The van der Waals surface area contributed by atoms with Gasteiger partial charge in [-0.1, -0.05) is 0 Å². The van der Waals surface area contributed by atoms with Crippen molar-refractivity contribution in [1.82, 2.24) is 4.90 Å². The number of rotatable bonds is 6. The lowest BCUT2D eigenvalue weighted by Crippen LogP contribution is -2.32. The van der Waals surface area contributed by atoms with Crippen LogP contribution in [0.5, 0.6) is 5.75 Å². The van der Waals surface area contributed by atoms with Crippen LogP contribution in [0.15, 0.2) is 29.2 Å². The number of hydrogen-bond acceptors (Lipinski definition) is 4. The van der Waals surface area contributed by atoms with Crippen molar-refractivity contribution in [2.24, 2.45) is 0 Å². The first-order valence-electron chi connectivity index (χ1n) is 5.55. The van der Waals surface area contributed by atoms with E-state index in [4.69, 9.17) is 10.00 Å². The molecule has 1 aromatic rings. The fourth-order valence-corrected chi connectivity index (χ4v) is 1.68. The molecule has 1 rings (SSSR count). The summed E-state index contributed by atoms with van der Waals surface area (Å²) in [6, 6.07) is 9.58. The highest BCUT2D eigenvalue weighted by molar-refractivity contribution is 7.98. The Kier molecular flexibility index (Phi) is 6.09. The first kappa shape index (κ1) is 14.4. The molecule has 0 bridgehead atoms. The monoisotopic (exact) mass is 264 g/mol. The van der Waals surface area contributed by atoms with Gasteiger partial charge in [-0.3, -0.25) is 4.79 Å². The summed E-state index contributed by atoms with van der Waals surface area (Å²) in [5.41, 5.74) is 0. The molecule has 0 aliphatic heterocycles. The van der Waals surface area contributed by atoms with Crippen LogP contribution < -0.4 is 4.74 Å². The molecule has 1 amide bonds. The van der Waals surface area contributed by atoms with Crippen LogP contribution in [0, 0.1) is 11.3 Å². The molecule has 0 atom stereocenters. The van der Waals surface area contributed by atoms with E-state index in [9.17, 15) is 4.79 Å². The number of benzene rings is 1. The highest BCUT2D eigenvalue weighted by Gasteiger charge is 2.08. The first-order chi connectivity index (χ1) is 8.67. The topological polar surface area (TPSA) is 53.3 Å². The zero-order valence-corrected chi connectivity index (χ0v) is 11.4. The van der Waals surface area contributed by atoms with Crippen molar-refractivity contribution >= 4 is 17.7 Å². The second-order valence-electron chi connectivity index (χ2n) is 3.69. The van der Waals surface area contributed by atoms with Crippen LogP contribution in [0.2, 0.25) is 0 Å². The average molecular weight is 264 g/mol. The van der Waals surface area contributed by atoms with Crippen molar-refractivity contribution in [2.75, 3.05) is 26.5 Å². The highest BCUT2D eigenvalue weighted by atomic mass is 32.2. The van der Waals surface area contributed by atoms with Crippen molar-refractivity contribution < 1.29 is 9.53 Å². The number of ether oxygens (including phenoxy) is 1. The molecular weight excluding hydrogens is 248 g/mol. The maximum Gasteiger partial charge on any atom is 0.260 e. The van der Waals surface area contributed by atoms with E-state index in [0.717, 1.165) is 4.90 Å². The van der Waals surface area contributed by atoms with Crippen LogP contribution >= 0.6 is 11.8 Å². The van der Waals surface area contributed by atoms with E-state index >= 15 is 0 Å². The van der Waals surface area contributed by atoms with Crippen LogP contribution in [-0.2, 0) is 4.79 Å². The smallest absolute Gasteiger partial charge is 0.260 e. The van der Waals surface area contributed by atoms with Crippen molar-refractivity contribution in [3.05, 3.63) is 24.3 Å². The predicted molar refractivity (Wildman–Crippen MR) is 71.6 cm³/mol. The quantitative estimate of drug-likeness (QED) is 0.739. The molecule has 5 heteroatoms. The summed E-state index contributed by atoms with van der Waals surface area (Å²) in [5, 5.41) is 8.43. The summed E-state index contributed by atoms with van der Waals surface area (Å²) < 4.78 is 5.39. The standard InChI is InChI=1S/C13H16N2O2S/c1-15(9-3-8-14)13(16)10-17-11-4-6-12(18-2)7-5-11/h4-7H,3,9-10H2,1-2H3. The number of nitriles is 1. The van der Waals surface area contributed by atoms with Crippen LogP contribution in [0.4, 0.5) is 0 Å². The summed E-state index contributed by atoms with van der Waals surface area (Å²) in [6.07, 6.45) is 2.34. The third-order valence-corrected chi connectivity index (χ3v) is 3.15. The summed E-state index contributed by atoms with van der Waals surface area (Å²) in [7, 11) is 1.67. The third kappa shape index (κ3) is 4.68. The van der Waals surface area contributed by atoms with E-state index in [1.807, 2.05) is 36.6 Å². The summed E-state index contributed by atoms with van der Waals surface area (Å²) in [5.74, 6) is 0.550. The van der Waals surface area contributed by atoms with Gasteiger partial charge in [0.15, 0.2) is 6.61 Å². The van der Waals surface area contributed by atoms with Crippen LogP contribution in [0.25, 0.3) is 0 Å². The molecule has 18 heavy (non-hydrogen) atoms. The Hall–Kier alpha value is -1.67. The van der Waals surface area contributed by atoms with Gasteiger partial charge in [-0.05, 0) is 30.5 Å². The lowest BCUT2D eigenvalue weighted by molar-refractivity contribution is -0.131. The number of hydrogen-bond donors (Lipinski definition) is 0. The van der Waals surface area contributed by atoms with Gasteiger partial charge in [0.05, 0.1) is 12.5 Å². The number of likely N-dealkylation sites (N-methyl/N-ethyl adjacent to an activating group) is 1. The number of thioether (sulfide) groups is 1. The molecule has 1 aromatic carbocycles. The fourth-order valence-electron chi connectivity index (χ4n) is 1.27. The van der Waals surface area contributed by atoms with Crippen LogP contribution in [0.1, 0.15) is 6.42 Å². The van der Waals surface area contributed by atoms with E-state index in [1.54, 1.807) is 18.8 Å². The Balaban J connectivity index is 2.39. The van der Waals surface area contributed by atoms with E-state index < -0.39 is 0 Å². The van der Waals surface area contributed by atoms with Gasteiger partial charge in [0, 0.05) is 18.5 Å². The zero-order valence-electron chi connectivity index (χ0n) is 10.5. The number of carbonyl (C=O) groups is 1. The van der Waals surface area contributed by atoms with Crippen molar-refractivity contribution in [2.45, 2.75) is 11.3 Å². The van der Waals surface area contributed by atoms with Gasteiger partial charge in [-0.2, -0.15) is 5.26 Å². The molecule has 0 radical (unpaired) electrons. The number of amides is 1. The van der Waals surface area contributed by atoms with Gasteiger partial charge in [-0.25, -0.2) is 0 Å². The van der Waals surface area contributed by atoms with Gasteiger partial charge in [0.25, 0.3) is 5.91 Å². The Morgan fingerprint density at radius 2 is 2.11 bits per heavy atom. The molecule has 0 heterocycles. The van der Waals surface area contributed by atoms with E-state index in [-0.39, 0.29) is 12.5 Å². The minimum Gasteiger partial charge on any atom is -0.484 e. The molecule has 0 spiro atoms. The second kappa shape index (κ2) is 7.62. The fraction of sp³-hybridized carbons (Fsp3) is 0.385. The molecular formula is C13H16N2O2S. The molecule has 0 aliphatic rings. The molecule has 96 valence electrons. The van der Waals surface area contributed by atoms with E-state index in [0.29, 0.717) is 18.7 Å². The Labute approximate surface area is 112 Å². The van der Waals surface area contributed by atoms with Crippen molar-refractivity contribution in [3.8, 4) is 11.8 Å². The maximum absolute atomic E-state index is 11.6. The molecule has 0 saturated heterocycles. The van der Waals surface area contributed by atoms with E-state index in [1.165, 1.54) is 4.90 Å². The molecule has 0 N–H and O–H groups in total. The lowest BCUT2D eigenvalue weighted by Gasteiger charge is -2.15. The van der Waals surface area contributed by atoms with Crippen LogP contribution in [-0.4, -0.2) is 37.3 Å². The minimum absolute atomic E-state index is 0.000539. The van der Waals surface area contributed by atoms with Gasteiger partial charge in [-0.15, -0.1) is 11.8 Å². The molecule has 0 fully saturated rings. The van der Waals surface area contributed by atoms with Crippen LogP contribution in [0.3, 0.4) is 0 Å². The predicted octanol–water partition coefficient (Wildman–Crippen LogP) is 2.16. The number of carbonyl (C=O) groups excluding carboxylic acids is 1. The lowest BCUT2D eigenvalue weighted by atomic mass is 10.3. The molecule has 0 aliphatic carbocycles. The van der Waals surface area contributed by atoms with Crippen molar-refractivity contribution in [3.63, 3.8) is 0 Å². The second-order valence-corrected chi connectivity index (χ2v) is 4.57. The zero-order chi connectivity index (χ0) is 13.4. The molecule has 0 unspecified atom stereocenters. The third-order valence-electron chi connectivity index (χ3n) is 2.41. The normalized spacial score (nSPS) is 9.61. The molecule has 0 saturated carbocycles. The largest absolute Gasteiger partial charge is 0.484 e. The first-order valence-corrected chi connectivity index (χ1v) is 6.77. The van der Waals surface area contributed by atoms with Gasteiger partial charge in [0.1, 0.15) is 5.75 Å². The van der Waals surface area contributed by atoms with E-state index in [2.05, 4.69) is 0 Å². The number of nitrogens with zero attached hydrogens (tertiary/aromatic N) is 2. The summed E-state index contributed by atoms with van der Waals surface area (Å²) >= 11 is 1.65. The Morgan fingerprint density at radius 3 is 2.67 bits per heavy atom. The SMILES string of the molecule is CSc1ccc(OCC(=O)N(C)CCC#N)cc1. The summed E-state index contributed by atoms with van der Waals surface area (Å²) in [6.45, 7) is 0.435. The Morgan fingerprint density at radius 1 is 1.44 bits per heavy atom. The average Bonchev–Trinajstić information content (AvgIpc) is 2.42. The van der Waals surface area contributed by atoms with Gasteiger partial charge in [0.2, 0.25) is 0 Å². The maximum atomic E-state index is 11.6. The molecule has 0 aromatic heterocycles. The highest BCUT2D eigenvalue weighted by Crippen LogP contribution is 2.18. The minimum atomic E-state index is -0.126. The Bertz CT molecular complexity index is 426. The van der Waals surface area contributed by atoms with Crippen molar-refractivity contribution in [1.29, 1.82) is 5.26 Å². The molecule has 4 nitrogen and oxygen atoms in total. The summed E-state index contributed by atoms with van der Waals surface area (Å²) in [4.78, 5) is 14.3. The van der Waals surface area contributed by atoms with Gasteiger partial charge >= 0.3 is 0 Å².